The van der Waals surface area contributed by atoms with Crippen LogP contribution in [0.15, 0.2) is 22.7 Å². The lowest BCUT2D eigenvalue weighted by molar-refractivity contribution is 0.102. The van der Waals surface area contributed by atoms with Gasteiger partial charge >= 0.3 is 0 Å². The molecule has 18 heavy (non-hydrogen) atoms. The largest absolute Gasteiger partial charge is 0.391 e. The minimum atomic E-state index is -0.506. The molecule has 2 N–H and O–H groups in total. The van der Waals surface area contributed by atoms with E-state index >= 15 is 0 Å². The summed E-state index contributed by atoms with van der Waals surface area (Å²) in [6, 6.07) is 5.94. The van der Waals surface area contributed by atoms with E-state index in [2.05, 4.69) is 27.8 Å². The summed E-state index contributed by atoms with van der Waals surface area (Å²) in [6.45, 7) is 5.43. The van der Waals surface area contributed by atoms with Crippen molar-refractivity contribution in [3.8, 4) is 0 Å². The second kappa shape index (κ2) is 5.59. The lowest BCUT2D eigenvalue weighted by Crippen LogP contribution is -2.43. The van der Waals surface area contributed by atoms with E-state index in [0.717, 1.165) is 28.7 Å². The molecule has 1 saturated heterocycles. The molecule has 1 heterocycles. The Hall–Kier alpha value is -0.580. The normalized spacial score (nSPS) is 26.2. The summed E-state index contributed by atoms with van der Waals surface area (Å²) in [5.41, 5.74) is 1.94. The van der Waals surface area contributed by atoms with E-state index < -0.39 is 6.10 Å². The number of benzene rings is 1. The van der Waals surface area contributed by atoms with Crippen molar-refractivity contribution in [1.82, 2.24) is 0 Å². The number of nitrogens with zero attached hydrogens (tertiary/aromatic N) is 1. The first-order valence-electron chi connectivity index (χ1n) is 6.39. The van der Waals surface area contributed by atoms with Crippen molar-refractivity contribution in [2.24, 2.45) is 5.92 Å². The third-order valence-corrected chi connectivity index (χ3v) is 4.19. The zero-order chi connectivity index (χ0) is 13.3. The molecule has 0 radical (unpaired) electrons. The van der Waals surface area contributed by atoms with Crippen LogP contribution in [0.3, 0.4) is 0 Å². The fourth-order valence-electron chi connectivity index (χ4n) is 2.42. The van der Waals surface area contributed by atoms with Gasteiger partial charge in [0.1, 0.15) is 0 Å². The second-order valence-corrected chi connectivity index (χ2v) is 6.07. The molecule has 3 atom stereocenters. The number of anilines is 1. The van der Waals surface area contributed by atoms with E-state index in [1.807, 2.05) is 18.2 Å². The number of hydrogen-bond acceptors (Lipinski definition) is 3. The molecule has 0 aliphatic carbocycles. The summed E-state index contributed by atoms with van der Waals surface area (Å²) in [4.78, 5) is 2.17. The monoisotopic (exact) mass is 313 g/mol. The molecular weight excluding hydrogens is 294 g/mol. The molecule has 0 spiro atoms. The minimum Gasteiger partial charge on any atom is -0.391 e. The van der Waals surface area contributed by atoms with Crippen molar-refractivity contribution in [3.63, 3.8) is 0 Å². The molecule has 0 aromatic heterocycles. The van der Waals surface area contributed by atoms with Gasteiger partial charge in [0.05, 0.1) is 12.2 Å². The van der Waals surface area contributed by atoms with Gasteiger partial charge in [-0.05, 0) is 37.5 Å². The summed E-state index contributed by atoms with van der Waals surface area (Å²) < 4.78 is 0.966. The Kier molecular flexibility index (Phi) is 4.30. The third-order valence-electron chi connectivity index (χ3n) is 3.70. The lowest BCUT2D eigenvalue weighted by Gasteiger charge is -2.37. The number of halogens is 1. The molecule has 0 saturated carbocycles. The Labute approximate surface area is 117 Å². The van der Waals surface area contributed by atoms with Crippen LogP contribution in [0.5, 0.6) is 0 Å². The fourth-order valence-corrected chi connectivity index (χ4v) is 2.79. The molecule has 1 aliphatic heterocycles. The van der Waals surface area contributed by atoms with Gasteiger partial charge in [-0.1, -0.05) is 22.9 Å². The molecule has 0 bridgehead atoms. The molecule has 1 aromatic rings. The average molecular weight is 314 g/mol. The first-order valence-corrected chi connectivity index (χ1v) is 7.19. The highest BCUT2D eigenvalue weighted by molar-refractivity contribution is 9.10. The van der Waals surface area contributed by atoms with Gasteiger partial charge in [-0.15, -0.1) is 0 Å². The first kappa shape index (κ1) is 13.8. The Morgan fingerprint density at radius 1 is 1.44 bits per heavy atom. The summed E-state index contributed by atoms with van der Waals surface area (Å²) in [6.07, 6.45) is 0.189. The van der Waals surface area contributed by atoms with Crippen LogP contribution in [0.2, 0.25) is 0 Å². The van der Waals surface area contributed by atoms with Crippen molar-refractivity contribution >= 4 is 21.6 Å². The van der Waals surface area contributed by atoms with Gasteiger partial charge in [-0.25, -0.2) is 0 Å². The first-order chi connectivity index (χ1) is 8.49. The molecule has 1 aromatic carbocycles. The van der Waals surface area contributed by atoms with Crippen LogP contribution in [0, 0.1) is 5.92 Å². The van der Waals surface area contributed by atoms with Crippen LogP contribution in [0.1, 0.15) is 31.9 Å². The number of piperidine rings is 1. The van der Waals surface area contributed by atoms with Crippen LogP contribution < -0.4 is 4.90 Å². The number of rotatable bonds is 2. The molecule has 2 rings (SSSR count). The highest BCUT2D eigenvalue weighted by Gasteiger charge is 2.26. The standard InChI is InChI=1S/C14H20BrNO2/c1-9-5-6-16(8-14(9)18)13-4-3-11(15)7-12(13)10(2)17/h3-4,7,9-10,14,17-18H,5-6,8H2,1-2H3. The molecule has 3 unspecified atom stereocenters. The predicted octanol–water partition coefficient (Wildman–Crippen LogP) is 2.71. The van der Waals surface area contributed by atoms with Gasteiger partial charge in [0, 0.05) is 28.8 Å². The van der Waals surface area contributed by atoms with Crippen LogP contribution in [0.4, 0.5) is 5.69 Å². The van der Waals surface area contributed by atoms with E-state index in [-0.39, 0.29) is 6.10 Å². The zero-order valence-electron chi connectivity index (χ0n) is 10.8. The van der Waals surface area contributed by atoms with Crippen LogP contribution in [-0.4, -0.2) is 29.4 Å². The topological polar surface area (TPSA) is 43.7 Å². The second-order valence-electron chi connectivity index (χ2n) is 5.16. The van der Waals surface area contributed by atoms with Gasteiger partial charge in [0.25, 0.3) is 0 Å². The van der Waals surface area contributed by atoms with E-state index in [0.29, 0.717) is 12.5 Å². The van der Waals surface area contributed by atoms with Gasteiger partial charge < -0.3 is 15.1 Å². The molecular formula is C14H20BrNO2. The van der Waals surface area contributed by atoms with E-state index in [1.165, 1.54) is 0 Å². The predicted molar refractivity (Wildman–Crippen MR) is 76.8 cm³/mol. The maximum atomic E-state index is 9.98. The lowest BCUT2D eigenvalue weighted by atomic mass is 9.94. The van der Waals surface area contributed by atoms with Crippen molar-refractivity contribution in [2.75, 3.05) is 18.0 Å². The summed E-state index contributed by atoms with van der Waals surface area (Å²) in [5, 5.41) is 19.8. The number of aliphatic hydroxyl groups is 2. The van der Waals surface area contributed by atoms with Crippen molar-refractivity contribution in [2.45, 2.75) is 32.5 Å². The van der Waals surface area contributed by atoms with Gasteiger partial charge in [-0.3, -0.25) is 0 Å². The summed E-state index contributed by atoms with van der Waals surface area (Å²) in [5.74, 6) is 0.353. The SMILES string of the molecule is CC(O)c1cc(Br)ccc1N1CCC(C)C(O)C1. The molecule has 1 aliphatic rings. The third kappa shape index (κ3) is 2.87. The Morgan fingerprint density at radius 2 is 2.17 bits per heavy atom. The Morgan fingerprint density at radius 3 is 2.78 bits per heavy atom. The molecule has 1 fully saturated rings. The van der Waals surface area contributed by atoms with E-state index in [1.54, 1.807) is 6.92 Å². The number of hydrogen-bond donors (Lipinski definition) is 2. The maximum absolute atomic E-state index is 9.98. The maximum Gasteiger partial charge on any atom is 0.0782 e. The van der Waals surface area contributed by atoms with Gasteiger partial charge in [0.15, 0.2) is 0 Å². The number of β-amino-alcohol motifs (C(OH)–C–C–N with tert-alkyl or cyclic N) is 1. The average Bonchev–Trinajstić information content (AvgIpc) is 2.32. The van der Waals surface area contributed by atoms with Gasteiger partial charge in [0.2, 0.25) is 0 Å². The summed E-state index contributed by atoms with van der Waals surface area (Å²) >= 11 is 3.43. The molecule has 3 nitrogen and oxygen atoms in total. The van der Waals surface area contributed by atoms with E-state index in [4.69, 9.17) is 0 Å². The summed E-state index contributed by atoms with van der Waals surface area (Å²) in [7, 11) is 0. The zero-order valence-corrected chi connectivity index (χ0v) is 12.4. The van der Waals surface area contributed by atoms with Crippen molar-refractivity contribution < 1.29 is 10.2 Å². The Balaban J connectivity index is 2.28. The molecule has 0 amide bonds. The fraction of sp³-hybridized carbons (Fsp3) is 0.571. The van der Waals surface area contributed by atoms with Crippen molar-refractivity contribution in [1.29, 1.82) is 0 Å². The van der Waals surface area contributed by atoms with Crippen LogP contribution >= 0.6 is 15.9 Å². The quantitative estimate of drug-likeness (QED) is 0.882. The Bertz CT molecular complexity index is 422. The van der Waals surface area contributed by atoms with Crippen LogP contribution in [0.25, 0.3) is 0 Å². The highest BCUT2D eigenvalue weighted by atomic mass is 79.9. The number of aliphatic hydroxyl groups excluding tert-OH is 2. The van der Waals surface area contributed by atoms with Crippen LogP contribution in [-0.2, 0) is 0 Å². The van der Waals surface area contributed by atoms with Gasteiger partial charge in [-0.2, -0.15) is 0 Å². The van der Waals surface area contributed by atoms with E-state index in [9.17, 15) is 10.2 Å². The molecule has 4 heteroatoms. The minimum absolute atomic E-state index is 0.288. The molecule has 100 valence electrons. The van der Waals surface area contributed by atoms with Crippen molar-refractivity contribution in [3.05, 3.63) is 28.2 Å². The highest BCUT2D eigenvalue weighted by Crippen LogP contribution is 2.32. The smallest absolute Gasteiger partial charge is 0.0782 e.